The molecule has 6 nitrogen and oxygen atoms in total. The van der Waals surface area contributed by atoms with E-state index in [1.54, 1.807) is 0 Å². The van der Waals surface area contributed by atoms with Crippen LogP contribution in [0.5, 0.6) is 0 Å². The first-order valence-corrected chi connectivity index (χ1v) is 10.4. The topological polar surface area (TPSA) is 74.6 Å². The normalized spacial score (nSPS) is 21.8. The number of nitrogens with one attached hydrogen (secondary N) is 1. The van der Waals surface area contributed by atoms with Crippen molar-refractivity contribution in [1.29, 1.82) is 0 Å². The Bertz CT molecular complexity index is 902. The van der Waals surface area contributed by atoms with Gasteiger partial charge in [-0.2, -0.15) is 0 Å². The molecule has 2 N–H and O–H groups in total. The summed E-state index contributed by atoms with van der Waals surface area (Å²) in [7, 11) is 1.98. The van der Waals surface area contributed by atoms with E-state index in [0.29, 0.717) is 25.1 Å². The summed E-state index contributed by atoms with van der Waals surface area (Å²) < 4.78 is 2.05. The number of carbonyl (C=O) groups is 2. The third kappa shape index (κ3) is 3.94. The molecular formula is C23H29N3O3. The molecule has 1 aliphatic heterocycles. The van der Waals surface area contributed by atoms with Crippen LogP contribution in [0.25, 0.3) is 11.3 Å². The van der Waals surface area contributed by atoms with Gasteiger partial charge >= 0.3 is 0 Å². The molecule has 1 aromatic carbocycles. The van der Waals surface area contributed by atoms with Crippen molar-refractivity contribution in [1.82, 2.24) is 14.8 Å². The molecule has 2 heterocycles. The fourth-order valence-corrected chi connectivity index (χ4v) is 4.19. The Morgan fingerprint density at radius 1 is 1.17 bits per heavy atom. The number of hydrogen-bond donors (Lipinski definition) is 2. The molecule has 0 spiro atoms. The predicted octanol–water partition coefficient (Wildman–Crippen LogP) is 2.35. The Morgan fingerprint density at radius 2 is 1.90 bits per heavy atom. The highest BCUT2D eigenvalue weighted by molar-refractivity contribution is 5.97. The molecule has 6 heteroatoms. The van der Waals surface area contributed by atoms with Gasteiger partial charge in [0.1, 0.15) is 0 Å². The van der Waals surface area contributed by atoms with Crippen LogP contribution in [-0.4, -0.2) is 52.1 Å². The van der Waals surface area contributed by atoms with Gasteiger partial charge in [0, 0.05) is 50.0 Å². The zero-order valence-electron chi connectivity index (χ0n) is 17.1. The van der Waals surface area contributed by atoms with Crippen LogP contribution in [0.2, 0.25) is 0 Å². The van der Waals surface area contributed by atoms with Crippen LogP contribution in [0.3, 0.4) is 0 Å². The highest BCUT2D eigenvalue weighted by Crippen LogP contribution is 2.30. The maximum Gasteiger partial charge on any atom is 0.255 e. The summed E-state index contributed by atoms with van der Waals surface area (Å²) in [4.78, 5) is 27.4. The number of nitrogens with zero attached hydrogens (tertiary/aromatic N) is 2. The quantitative estimate of drug-likeness (QED) is 0.816. The molecule has 2 amide bonds. The van der Waals surface area contributed by atoms with E-state index in [1.165, 1.54) is 0 Å². The van der Waals surface area contributed by atoms with Gasteiger partial charge in [0.05, 0.1) is 11.6 Å². The van der Waals surface area contributed by atoms with Crippen LogP contribution in [-0.2, 0) is 11.8 Å². The van der Waals surface area contributed by atoms with Crippen molar-refractivity contribution in [3.05, 3.63) is 47.7 Å². The van der Waals surface area contributed by atoms with Gasteiger partial charge in [-0.3, -0.25) is 9.59 Å². The molecule has 1 aromatic heterocycles. The van der Waals surface area contributed by atoms with E-state index in [9.17, 15) is 14.7 Å². The fourth-order valence-electron chi connectivity index (χ4n) is 4.19. The zero-order valence-corrected chi connectivity index (χ0v) is 17.1. The second-order valence-corrected chi connectivity index (χ2v) is 8.33. The number of hydrogen-bond acceptors (Lipinski definition) is 3. The molecule has 0 unspecified atom stereocenters. The summed E-state index contributed by atoms with van der Waals surface area (Å²) in [5.41, 5.74) is 3.71. The lowest BCUT2D eigenvalue weighted by Crippen LogP contribution is -2.55. The Kier molecular flexibility index (Phi) is 5.46. The van der Waals surface area contributed by atoms with Crippen molar-refractivity contribution in [2.75, 3.05) is 19.7 Å². The summed E-state index contributed by atoms with van der Waals surface area (Å²) >= 11 is 0. The Balaban J connectivity index is 1.54. The van der Waals surface area contributed by atoms with Crippen LogP contribution >= 0.6 is 0 Å². The Morgan fingerprint density at radius 3 is 2.55 bits per heavy atom. The third-order valence-electron chi connectivity index (χ3n) is 6.39. The number of aromatic nitrogens is 1. The molecule has 2 aromatic rings. The fraction of sp³-hybridized carbons (Fsp3) is 0.478. The van der Waals surface area contributed by atoms with Crippen molar-refractivity contribution in [3.8, 4) is 11.3 Å². The first kappa shape index (κ1) is 19.7. The lowest BCUT2D eigenvalue weighted by atomic mass is 9.91. The molecule has 29 heavy (non-hydrogen) atoms. The molecular weight excluding hydrogens is 366 g/mol. The number of amides is 2. The van der Waals surface area contributed by atoms with E-state index in [-0.39, 0.29) is 36.3 Å². The molecule has 1 aliphatic carbocycles. The SMILES string of the molecule is Cc1c(C(=O)N2CC[C@H](CO)[C@H](NC(=O)C3CC3)C2)cc(-c2ccccc2)n1C. The number of aliphatic hydroxyl groups is 1. The first-order chi connectivity index (χ1) is 14.0. The Hall–Kier alpha value is -2.60. The average Bonchev–Trinajstić information content (AvgIpc) is 3.55. The summed E-state index contributed by atoms with van der Waals surface area (Å²) in [6.45, 7) is 3.03. The van der Waals surface area contributed by atoms with Gasteiger partial charge in [-0.05, 0) is 37.8 Å². The molecule has 1 saturated carbocycles. The van der Waals surface area contributed by atoms with Crippen molar-refractivity contribution < 1.29 is 14.7 Å². The van der Waals surface area contributed by atoms with Crippen LogP contribution in [0.4, 0.5) is 0 Å². The van der Waals surface area contributed by atoms with Crippen LogP contribution in [0, 0.1) is 18.8 Å². The molecule has 2 aliphatic rings. The van der Waals surface area contributed by atoms with E-state index in [2.05, 4.69) is 9.88 Å². The first-order valence-electron chi connectivity index (χ1n) is 10.4. The summed E-state index contributed by atoms with van der Waals surface area (Å²) in [6, 6.07) is 11.8. The number of benzene rings is 1. The second kappa shape index (κ2) is 8.03. The van der Waals surface area contributed by atoms with Gasteiger partial charge in [-0.15, -0.1) is 0 Å². The molecule has 4 rings (SSSR count). The molecule has 2 atom stereocenters. The van der Waals surface area contributed by atoms with E-state index < -0.39 is 0 Å². The van der Waals surface area contributed by atoms with Gasteiger partial charge < -0.3 is 19.9 Å². The predicted molar refractivity (Wildman–Crippen MR) is 111 cm³/mol. The number of aliphatic hydroxyl groups excluding tert-OH is 1. The summed E-state index contributed by atoms with van der Waals surface area (Å²) in [5, 5.41) is 12.8. The van der Waals surface area contributed by atoms with Crippen LogP contribution in [0.1, 0.15) is 35.3 Å². The van der Waals surface area contributed by atoms with E-state index in [1.807, 2.05) is 55.3 Å². The third-order valence-corrected chi connectivity index (χ3v) is 6.39. The molecule has 0 bridgehead atoms. The highest BCUT2D eigenvalue weighted by atomic mass is 16.3. The van der Waals surface area contributed by atoms with E-state index >= 15 is 0 Å². The van der Waals surface area contributed by atoms with Gasteiger partial charge in [-0.1, -0.05) is 30.3 Å². The van der Waals surface area contributed by atoms with E-state index in [0.717, 1.165) is 29.8 Å². The zero-order chi connectivity index (χ0) is 20.5. The largest absolute Gasteiger partial charge is 0.396 e. The van der Waals surface area contributed by atoms with Crippen molar-refractivity contribution in [2.45, 2.75) is 32.2 Å². The highest BCUT2D eigenvalue weighted by Gasteiger charge is 2.37. The van der Waals surface area contributed by atoms with Crippen LogP contribution < -0.4 is 5.32 Å². The number of carbonyl (C=O) groups excluding carboxylic acids is 2. The van der Waals surface area contributed by atoms with E-state index in [4.69, 9.17) is 0 Å². The minimum Gasteiger partial charge on any atom is -0.396 e. The van der Waals surface area contributed by atoms with Gasteiger partial charge in [-0.25, -0.2) is 0 Å². The lowest BCUT2D eigenvalue weighted by Gasteiger charge is -2.38. The monoisotopic (exact) mass is 395 g/mol. The van der Waals surface area contributed by atoms with Crippen molar-refractivity contribution in [3.63, 3.8) is 0 Å². The maximum absolute atomic E-state index is 13.3. The second-order valence-electron chi connectivity index (χ2n) is 8.33. The molecule has 1 saturated heterocycles. The number of likely N-dealkylation sites (tertiary alicyclic amines) is 1. The minimum absolute atomic E-state index is 0.00139. The molecule has 0 radical (unpaired) electrons. The van der Waals surface area contributed by atoms with Crippen LogP contribution in [0.15, 0.2) is 36.4 Å². The van der Waals surface area contributed by atoms with Gasteiger partial charge in [0.15, 0.2) is 0 Å². The standard InChI is InChI=1S/C23H29N3O3/c1-15-19(12-21(25(15)2)16-6-4-3-5-7-16)23(29)26-11-10-18(14-27)20(13-26)24-22(28)17-8-9-17/h3-7,12,17-18,20,27H,8-11,13-14H2,1-2H3,(H,24,28)/t18-,20-/m1/s1. The minimum atomic E-state index is -0.191. The smallest absolute Gasteiger partial charge is 0.255 e. The summed E-state index contributed by atoms with van der Waals surface area (Å²) in [6.07, 6.45) is 2.57. The van der Waals surface area contributed by atoms with Crippen molar-refractivity contribution >= 4 is 11.8 Å². The Labute approximate surface area is 171 Å². The maximum atomic E-state index is 13.3. The molecule has 2 fully saturated rings. The lowest BCUT2D eigenvalue weighted by molar-refractivity contribution is -0.123. The summed E-state index contributed by atoms with van der Waals surface area (Å²) in [5.74, 6) is 0.163. The average molecular weight is 396 g/mol. The molecule has 154 valence electrons. The van der Waals surface area contributed by atoms with Gasteiger partial charge in [0.2, 0.25) is 5.91 Å². The van der Waals surface area contributed by atoms with Gasteiger partial charge in [0.25, 0.3) is 5.91 Å². The number of piperidine rings is 1. The van der Waals surface area contributed by atoms with Crippen molar-refractivity contribution in [2.24, 2.45) is 18.9 Å². The number of rotatable bonds is 5.